The first-order valence-corrected chi connectivity index (χ1v) is 7.96. The van der Waals surface area contributed by atoms with E-state index in [9.17, 15) is 9.59 Å². The fourth-order valence-electron chi connectivity index (χ4n) is 3.25. The second kappa shape index (κ2) is 6.26. The highest BCUT2D eigenvalue weighted by Gasteiger charge is 2.34. The van der Waals surface area contributed by atoms with Crippen molar-refractivity contribution >= 4 is 11.8 Å². The lowest BCUT2D eigenvalue weighted by molar-refractivity contribution is -0.172. The van der Waals surface area contributed by atoms with Crippen molar-refractivity contribution in [3.8, 4) is 0 Å². The Bertz CT molecular complexity index is 492. The van der Waals surface area contributed by atoms with Crippen molar-refractivity contribution in [3.05, 3.63) is 11.8 Å². The van der Waals surface area contributed by atoms with Gasteiger partial charge in [0.2, 0.25) is 0 Å². The SMILES string of the molecule is CN1CC=C(N2CCN(N3CCN(C)CC3=O)C(=O)C2)CC1. The Morgan fingerprint density at radius 3 is 2.09 bits per heavy atom. The number of piperazine rings is 2. The fourth-order valence-corrected chi connectivity index (χ4v) is 3.25. The van der Waals surface area contributed by atoms with Gasteiger partial charge in [-0.25, -0.2) is 10.0 Å². The summed E-state index contributed by atoms with van der Waals surface area (Å²) < 4.78 is 0. The minimum absolute atomic E-state index is 0.0223. The largest absolute Gasteiger partial charge is 0.364 e. The molecule has 2 amide bonds. The number of carbonyl (C=O) groups is 2. The molecule has 0 aromatic heterocycles. The Hall–Kier alpha value is -1.60. The number of carbonyl (C=O) groups excluding carboxylic acids is 2. The van der Waals surface area contributed by atoms with Crippen LogP contribution in [0.2, 0.25) is 0 Å². The van der Waals surface area contributed by atoms with Crippen LogP contribution in [0.1, 0.15) is 6.42 Å². The van der Waals surface area contributed by atoms with Gasteiger partial charge in [-0.15, -0.1) is 0 Å². The first-order chi connectivity index (χ1) is 10.5. The van der Waals surface area contributed by atoms with Gasteiger partial charge in [0.25, 0.3) is 11.8 Å². The molecular formula is C15H25N5O2. The molecular weight excluding hydrogens is 282 g/mol. The Morgan fingerprint density at radius 1 is 0.818 bits per heavy atom. The minimum Gasteiger partial charge on any atom is -0.364 e. The van der Waals surface area contributed by atoms with Gasteiger partial charge >= 0.3 is 0 Å². The minimum atomic E-state index is 0.0223. The van der Waals surface area contributed by atoms with Crippen molar-refractivity contribution in [3.63, 3.8) is 0 Å². The van der Waals surface area contributed by atoms with Crippen molar-refractivity contribution in [2.45, 2.75) is 6.42 Å². The van der Waals surface area contributed by atoms with Crippen LogP contribution in [-0.4, -0.2) is 103 Å². The number of hydrogen-bond acceptors (Lipinski definition) is 5. The molecule has 0 spiro atoms. The summed E-state index contributed by atoms with van der Waals surface area (Å²) in [6.45, 7) is 5.59. The highest BCUT2D eigenvalue weighted by Crippen LogP contribution is 2.19. The van der Waals surface area contributed by atoms with Crippen molar-refractivity contribution in [1.29, 1.82) is 0 Å². The van der Waals surface area contributed by atoms with Crippen LogP contribution >= 0.6 is 0 Å². The molecule has 0 atom stereocenters. The van der Waals surface area contributed by atoms with E-state index >= 15 is 0 Å². The van der Waals surface area contributed by atoms with Gasteiger partial charge in [-0.1, -0.05) is 6.08 Å². The van der Waals surface area contributed by atoms with E-state index in [0.29, 0.717) is 26.2 Å². The van der Waals surface area contributed by atoms with E-state index < -0.39 is 0 Å². The molecule has 7 nitrogen and oxygen atoms in total. The van der Waals surface area contributed by atoms with Gasteiger partial charge in [0.15, 0.2) is 0 Å². The van der Waals surface area contributed by atoms with E-state index in [-0.39, 0.29) is 11.8 Å². The van der Waals surface area contributed by atoms with Crippen LogP contribution in [0.4, 0.5) is 0 Å². The van der Waals surface area contributed by atoms with Crippen molar-refractivity contribution in [2.24, 2.45) is 0 Å². The van der Waals surface area contributed by atoms with Gasteiger partial charge in [0, 0.05) is 31.9 Å². The predicted molar refractivity (Wildman–Crippen MR) is 82.7 cm³/mol. The van der Waals surface area contributed by atoms with Crippen LogP contribution in [0.15, 0.2) is 11.8 Å². The molecule has 0 unspecified atom stereocenters. The molecule has 0 aliphatic carbocycles. The maximum absolute atomic E-state index is 12.5. The number of amides is 2. The van der Waals surface area contributed by atoms with Crippen molar-refractivity contribution in [1.82, 2.24) is 24.7 Å². The quantitative estimate of drug-likeness (QED) is 0.658. The molecule has 0 aromatic rings. The fraction of sp³-hybridized carbons (Fsp3) is 0.733. The molecule has 0 radical (unpaired) electrons. The number of rotatable bonds is 2. The van der Waals surface area contributed by atoms with Crippen LogP contribution in [0.5, 0.6) is 0 Å². The van der Waals surface area contributed by atoms with E-state index in [2.05, 4.69) is 22.9 Å². The molecule has 3 aliphatic rings. The third-order valence-corrected chi connectivity index (χ3v) is 4.67. The smallest absolute Gasteiger partial charge is 0.260 e. The van der Waals surface area contributed by atoms with Gasteiger partial charge in [0.05, 0.1) is 26.2 Å². The van der Waals surface area contributed by atoms with Crippen LogP contribution in [-0.2, 0) is 9.59 Å². The summed E-state index contributed by atoms with van der Waals surface area (Å²) in [4.78, 5) is 31.0. The molecule has 3 rings (SSSR count). The zero-order chi connectivity index (χ0) is 15.7. The molecule has 0 N–H and O–H groups in total. The summed E-state index contributed by atoms with van der Waals surface area (Å²) in [5.41, 5.74) is 1.27. The van der Waals surface area contributed by atoms with Crippen LogP contribution < -0.4 is 0 Å². The first-order valence-electron chi connectivity index (χ1n) is 7.96. The molecule has 7 heteroatoms. The molecule has 2 fully saturated rings. The molecule has 0 bridgehead atoms. The zero-order valence-corrected chi connectivity index (χ0v) is 13.5. The third kappa shape index (κ3) is 3.10. The van der Waals surface area contributed by atoms with E-state index in [1.807, 2.05) is 11.9 Å². The Morgan fingerprint density at radius 2 is 1.50 bits per heavy atom. The van der Waals surface area contributed by atoms with Crippen molar-refractivity contribution < 1.29 is 9.59 Å². The van der Waals surface area contributed by atoms with Gasteiger partial charge in [-0.3, -0.25) is 14.5 Å². The predicted octanol–water partition coefficient (Wildman–Crippen LogP) is -0.961. The lowest BCUT2D eigenvalue weighted by atomic mass is 10.1. The number of likely N-dealkylation sites (N-methyl/N-ethyl adjacent to an activating group) is 2. The third-order valence-electron chi connectivity index (χ3n) is 4.67. The van der Waals surface area contributed by atoms with Gasteiger partial charge in [-0.05, 0) is 20.5 Å². The average molecular weight is 307 g/mol. The zero-order valence-electron chi connectivity index (χ0n) is 13.5. The number of nitrogens with zero attached hydrogens (tertiary/aromatic N) is 5. The summed E-state index contributed by atoms with van der Waals surface area (Å²) in [6.07, 6.45) is 3.21. The van der Waals surface area contributed by atoms with E-state index in [1.54, 1.807) is 10.0 Å². The summed E-state index contributed by atoms with van der Waals surface area (Å²) in [5.74, 6) is 0.0537. The lowest BCUT2D eigenvalue weighted by Gasteiger charge is -2.45. The monoisotopic (exact) mass is 307 g/mol. The molecule has 3 aliphatic heterocycles. The Labute approximate surface area is 131 Å². The maximum atomic E-state index is 12.5. The molecule has 122 valence electrons. The molecule has 0 saturated carbocycles. The second-order valence-corrected chi connectivity index (χ2v) is 6.40. The molecule has 3 heterocycles. The van der Waals surface area contributed by atoms with Gasteiger partial charge in [-0.2, -0.15) is 0 Å². The molecule has 2 saturated heterocycles. The number of hydrogen-bond donors (Lipinski definition) is 0. The van der Waals surface area contributed by atoms with Gasteiger partial charge in [0.1, 0.15) is 0 Å². The standard InChI is InChI=1S/C15H25N5O2/c1-16-5-3-13(4-6-16)18-8-10-20(15(22)12-18)19-9-7-17(2)11-14(19)21/h3H,4-12H2,1-2H3. The Kier molecular flexibility index (Phi) is 4.35. The van der Waals surface area contributed by atoms with Crippen LogP contribution in [0.3, 0.4) is 0 Å². The average Bonchev–Trinajstić information content (AvgIpc) is 2.49. The first kappa shape index (κ1) is 15.3. The normalized spacial score (nSPS) is 25.7. The summed E-state index contributed by atoms with van der Waals surface area (Å²) in [7, 11) is 4.04. The topological polar surface area (TPSA) is 50.3 Å². The summed E-state index contributed by atoms with van der Waals surface area (Å²) in [6, 6.07) is 0. The number of hydrazine groups is 1. The highest BCUT2D eigenvalue weighted by molar-refractivity contribution is 5.85. The highest BCUT2D eigenvalue weighted by atomic mass is 16.2. The molecule has 22 heavy (non-hydrogen) atoms. The maximum Gasteiger partial charge on any atom is 0.260 e. The Balaban J connectivity index is 1.61. The van der Waals surface area contributed by atoms with Crippen LogP contribution in [0.25, 0.3) is 0 Å². The van der Waals surface area contributed by atoms with Gasteiger partial charge < -0.3 is 9.80 Å². The van der Waals surface area contributed by atoms with E-state index in [1.165, 1.54) is 5.70 Å². The van der Waals surface area contributed by atoms with E-state index in [0.717, 1.165) is 32.6 Å². The van der Waals surface area contributed by atoms with Crippen LogP contribution in [0, 0.1) is 0 Å². The lowest BCUT2D eigenvalue weighted by Crippen LogP contribution is -2.62. The summed E-state index contributed by atoms with van der Waals surface area (Å²) in [5, 5.41) is 3.30. The van der Waals surface area contributed by atoms with E-state index in [4.69, 9.17) is 0 Å². The van der Waals surface area contributed by atoms with Crippen molar-refractivity contribution in [2.75, 3.05) is 66.5 Å². The molecule has 0 aromatic carbocycles. The summed E-state index contributed by atoms with van der Waals surface area (Å²) >= 11 is 0. The second-order valence-electron chi connectivity index (χ2n) is 6.40.